The van der Waals surface area contributed by atoms with Crippen molar-refractivity contribution in [3.8, 4) is 0 Å². The highest BCUT2D eigenvalue weighted by Gasteiger charge is 2.10. The average Bonchev–Trinajstić information content (AvgIpc) is 3.31. The molecule has 0 aliphatic carbocycles. The van der Waals surface area contributed by atoms with Crippen LogP contribution < -0.4 is 16.0 Å². The molecule has 0 fully saturated rings. The third kappa shape index (κ3) is 42.2. The van der Waals surface area contributed by atoms with Gasteiger partial charge in [0.15, 0.2) is 0 Å². The lowest BCUT2D eigenvalue weighted by molar-refractivity contribution is 0.259. The standard InChI is InChI=1S/C56H114N8O/c1-5-9-13-17-21-25-29-33-37-47-63(48-38-34-30-26-22-18-14-10-6-2)51-41-44-57-54-60-55(62-56(61-54)59-46-43-53-65)58-45-42-52-64(49-39-35-31-27-23-19-15-11-7-3)50-40-36-32-28-24-20-16-12-8-4/h65H,5-53H2,1-4H3,(H3,57,58,59,60,61,62). The Morgan fingerprint density at radius 2 is 0.477 bits per heavy atom. The first-order valence-electron chi connectivity index (χ1n) is 29.2. The van der Waals surface area contributed by atoms with Gasteiger partial charge in [0.25, 0.3) is 0 Å². The van der Waals surface area contributed by atoms with E-state index < -0.39 is 0 Å². The van der Waals surface area contributed by atoms with Crippen LogP contribution in [0, 0.1) is 0 Å². The summed E-state index contributed by atoms with van der Waals surface area (Å²) >= 11 is 0. The molecule has 0 saturated heterocycles. The van der Waals surface area contributed by atoms with Crippen LogP contribution in [0.4, 0.5) is 17.8 Å². The molecule has 9 nitrogen and oxygen atoms in total. The Kier molecular flexibility index (Phi) is 47.3. The van der Waals surface area contributed by atoms with Crippen molar-refractivity contribution < 1.29 is 5.11 Å². The maximum atomic E-state index is 9.42. The van der Waals surface area contributed by atoms with E-state index in [4.69, 9.17) is 15.0 Å². The van der Waals surface area contributed by atoms with Gasteiger partial charge in [-0.05, 0) is 84.2 Å². The largest absolute Gasteiger partial charge is 0.396 e. The number of unbranched alkanes of at least 4 members (excludes halogenated alkanes) is 32. The fourth-order valence-corrected chi connectivity index (χ4v) is 9.15. The number of rotatable bonds is 54. The first-order valence-corrected chi connectivity index (χ1v) is 29.2. The first-order chi connectivity index (χ1) is 32.2. The van der Waals surface area contributed by atoms with Crippen molar-refractivity contribution >= 4 is 17.8 Å². The summed E-state index contributed by atoms with van der Waals surface area (Å²) in [4.78, 5) is 19.8. The molecule has 0 aliphatic heterocycles. The Bertz CT molecular complexity index is 960. The van der Waals surface area contributed by atoms with Gasteiger partial charge < -0.3 is 30.9 Å². The van der Waals surface area contributed by atoms with E-state index in [1.807, 2.05) is 0 Å². The maximum Gasteiger partial charge on any atom is 0.229 e. The number of nitrogens with zero attached hydrogens (tertiary/aromatic N) is 5. The fourth-order valence-electron chi connectivity index (χ4n) is 9.15. The molecule has 1 aromatic heterocycles. The van der Waals surface area contributed by atoms with Crippen molar-refractivity contribution in [3.05, 3.63) is 0 Å². The van der Waals surface area contributed by atoms with Crippen LogP contribution in [0.15, 0.2) is 0 Å². The summed E-state index contributed by atoms with van der Waals surface area (Å²) in [6.07, 6.45) is 52.7. The van der Waals surface area contributed by atoms with Crippen molar-refractivity contribution in [3.63, 3.8) is 0 Å². The van der Waals surface area contributed by atoms with E-state index in [1.165, 1.54) is 257 Å². The van der Waals surface area contributed by atoms with Gasteiger partial charge in [0, 0.05) is 26.2 Å². The van der Waals surface area contributed by atoms with Crippen LogP contribution in [0.3, 0.4) is 0 Å². The molecule has 0 spiro atoms. The molecule has 0 amide bonds. The highest BCUT2D eigenvalue weighted by atomic mass is 16.3. The van der Waals surface area contributed by atoms with E-state index in [0.29, 0.717) is 30.8 Å². The molecule has 0 unspecified atom stereocenters. The summed E-state index contributed by atoms with van der Waals surface area (Å²) in [6, 6.07) is 0. The molecule has 1 aromatic rings. The molecule has 65 heavy (non-hydrogen) atoms. The summed E-state index contributed by atoms with van der Waals surface area (Å²) in [5.74, 6) is 1.85. The smallest absolute Gasteiger partial charge is 0.229 e. The van der Waals surface area contributed by atoms with Gasteiger partial charge in [-0.2, -0.15) is 15.0 Å². The summed E-state index contributed by atoms with van der Waals surface area (Å²) in [7, 11) is 0. The lowest BCUT2D eigenvalue weighted by Gasteiger charge is -2.23. The van der Waals surface area contributed by atoms with Crippen LogP contribution in [0.2, 0.25) is 0 Å². The van der Waals surface area contributed by atoms with Gasteiger partial charge in [0.1, 0.15) is 0 Å². The molecular formula is C56H114N8O. The second-order valence-electron chi connectivity index (χ2n) is 19.9. The number of nitrogens with one attached hydrogen (secondary N) is 3. The predicted octanol–water partition coefficient (Wildman–Crippen LogP) is 16.0. The summed E-state index contributed by atoms with van der Waals surface area (Å²) < 4.78 is 0. The lowest BCUT2D eigenvalue weighted by Crippen LogP contribution is -2.29. The van der Waals surface area contributed by atoms with Gasteiger partial charge in [-0.1, -0.05) is 233 Å². The number of aromatic nitrogens is 3. The van der Waals surface area contributed by atoms with Crippen molar-refractivity contribution in [2.24, 2.45) is 0 Å². The van der Waals surface area contributed by atoms with E-state index in [2.05, 4.69) is 53.4 Å². The molecule has 0 bridgehead atoms. The zero-order valence-electron chi connectivity index (χ0n) is 44.3. The zero-order chi connectivity index (χ0) is 46.8. The molecule has 384 valence electrons. The molecule has 9 heteroatoms. The SMILES string of the molecule is CCCCCCCCCCCN(CCCCCCCCCCC)CCCNc1nc(NCCCO)nc(NCCCN(CCCCCCCCCCC)CCCCCCCCCCC)n1. The Morgan fingerprint density at radius 1 is 0.277 bits per heavy atom. The second-order valence-corrected chi connectivity index (χ2v) is 19.9. The van der Waals surface area contributed by atoms with Gasteiger partial charge in [0.2, 0.25) is 17.8 Å². The summed E-state index contributed by atoms with van der Waals surface area (Å²) in [5.41, 5.74) is 0. The quantitative estimate of drug-likeness (QED) is 0.0476. The highest BCUT2D eigenvalue weighted by molar-refractivity contribution is 5.42. The Morgan fingerprint density at radius 3 is 0.708 bits per heavy atom. The van der Waals surface area contributed by atoms with Crippen molar-refractivity contribution in [2.45, 2.75) is 278 Å². The van der Waals surface area contributed by atoms with E-state index in [0.717, 1.165) is 39.0 Å². The second kappa shape index (κ2) is 50.2. The zero-order valence-corrected chi connectivity index (χ0v) is 44.3. The molecule has 1 heterocycles. The van der Waals surface area contributed by atoms with Crippen LogP contribution in [-0.2, 0) is 0 Å². The van der Waals surface area contributed by atoms with Crippen molar-refractivity contribution in [1.29, 1.82) is 0 Å². The molecular weight excluding hydrogens is 801 g/mol. The van der Waals surface area contributed by atoms with Crippen LogP contribution in [0.1, 0.15) is 278 Å². The van der Waals surface area contributed by atoms with Gasteiger partial charge >= 0.3 is 0 Å². The van der Waals surface area contributed by atoms with Crippen LogP contribution in [-0.4, -0.2) is 95.4 Å². The fraction of sp³-hybridized carbons (Fsp3) is 0.946. The maximum absolute atomic E-state index is 9.42. The van der Waals surface area contributed by atoms with Crippen LogP contribution in [0.25, 0.3) is 0 Å². The first kappa shape index (κ1) is 61.3. The van der Waals surface area contributed by atoms with Crippen LogP contribution in [0.5, 0.6) is 0 Å². The average molecular weight is 916 g/mol. The summed E-state index contributed by atoms with van der Waals surface area (Å²) in [6.45, 7) is 18.8. The topological polar surface area (TPSA) is 101 Å². The Labute approximate surface area is 405 Å². The molecule has 0 saturated carbocycles. The molecule has 4 N–H and O–H groups in total. The molecule has 0 aliphatic rings. The molecule has 0 atom stereocenters. The number of hydrogen-bond acceptors (Lipinski definition) is 9. The van der Waals surface area contributed by atoms with E-state index >= 15 is 0 Å². The van der Waals surface area contributed by atoms with Gasteiger partial charge in [-0.3, -0.25) is 0 Å². The van der Waals surface area contributed by atoms with Gasteiger partial charge in [-0.15, -0.1) is 0 Å². The number of aliphatic hydroxyl groups is 1. The molecule has 0 radical (unpaired) electrons. The minimum atomic E-state index is 0.150. The molecule has 0 aromatic carbocycles. The van der Waals surface area contributed by atoms with Crippen LogP contribution >= 0.6 is 0 Å². The minimum Gasteiger partial charge on any atom is -0.396 e. The normalized spacial score (nSPS) is 11.7. The third-order valence-electron chi connectivity index (χ3n) is 13.4. The van der Waals surface area contributed by atoms with E-state index in [9.17, 15) is 5.11 Å². The number of aliphatic hydroxyl groups excluding tert-OH is 1. The van der Waals surface area contributed by atoms with E-state index in [-0.39, 0.29) is 6.61 Å². The molecule has 1 rings (SSSR count). The highest BCUT2D eigenvalue weighted by Crippen LogP contribution is 2.16. The predicted molar refractivity (Wildman–Crippen MR) is 288 cm³/mol. The lowest BCUT2D eigenvalue weighted by atomic mass is 10.1. The monoisotopic (exact) mass is 915 g/mol. The third-order valence-corrected chi connectivity index (χ3v) is 13.4. The van der Waals surface area contributed by atoms with Gasteiger partial charge in [0.05, 0.1) is 0 Å². The van der Waals surface area contributed by atoms with E-state index in [1.54, 1.807) is 0 Å². The minimum absolute atomic E-state index is 0.150. The Hall–Kier alpha value is -1.71. The Balaban J connectivity index is 2.68. The van der Waals surface area contributed by atoms with Gasteiger partial charge in [-0.25, -0.2) is 0 Å². The van der Waals surface area contributed by atoms with Crippen molar-refractivity contribution in [1.82, 2.24) is 24.8 Å². The summed E-state index contributed by atoms with van der Waals surface area (Å²) in [5, 5.41) is 19.9. The van der Waals surface area contributed by atoms with Crippen molar-refractivity contribution in [2.75, 3.05) is 81.5 Å². The number of anilines is 3. The number of hydrogen-bond donors (Lipinski definition) is 4.